The van der Waals surface area contributed by atoms with E-state index < -0.39 is 0 Å². The lowest BCUT2D eigenvalue weighted by molar-refractivity contribution is -0.130. The van der Waals surface area contributed by atoms with Crippen LogP contribution in [-0.4, -0.2) is 68.6 Å². The molecule has 0 atom stereocenters. The van der Waals surface area contributed by atoms with Crippen molar-refractivity contribution in [3.63, 3.8) is 0 Å². The van der Waals surface area contributed by atoms with Gasteiger partial charge in [-0.1, -0.05) is 30.4 Å². The SMILES string of the molecule is COc1ccccc1C=CCNCCN1CCN(C(C)=O)CC1. The van der Waals surface area contributed by atoms with Crippen LogP contribution in [0.4, 0.5) is 0 Å². The minimum atomic E-state index is 0.184. The van der Waals surface area contributed by atoms with Gasteiger partial charge < -0.3 is 15.0 Å². The molecule has 1 aromatic rings. The zero-order valence-corrected chi connectivity index (χ0v) is 14.1. The van der Waals surface area contributed by atoms with Crippen molar-refractivity contribution in [2.45, 2.75) is 6.92 Å². The van der Waals surface area contributed by atoms with Gasteiger partial charge in [0.2, 0.25) is 5.91 Å². The summed E-state index contributed by atoms with van der Waals surface area (Å²) in [5.74, 6) is 1.08. The molecule has 0 unspecified atom stereocenters. The number of hydrogen-bond donors (Lipinski definition) is 1. The van der Waals surface area contributed by atoms with Crippen molar-refractivity contribution in [1.82, 2.24) is 15.1 Å². The number of para-hydroxylation sites is 1. The molecule has 5 nitrogen and oxygen atoms in total. The molecule has 5 heteroatoms. The number of piperazine rings is 1. The van der Waals surface area contributed by atoms with Crippen LogP contribution in [0.25, 0.3) is 6.08 Å². The summed E-state index contributed by atoms with van der Waals surface area (Å²) in [6.45, 7) is 8.10. The summed E-state index contributed by atoms with van der Waals surface area (Å²) in [5.41, 5.74) is 1.09. The maximum absolute atomic E-state index is 11.3. The minimum absolute atomic E-state index is 0.184. The molecule has 1 amide bonds. The number of amides is 1. The van der Waals surface area contributed by atoms with E-state index in [9.17, 15) is 4.79 Å². The molecule has 0 aromatic heterocycles. The molecule has 0 bridgehead atoms. The Bertz CT molecular complexity index is 523. The summed E-state index contributed by atoms with van der Waals surface area (Å²) >= 11 is 0. The predicted octanol–water partition coefficient (Wildman–Crippen LogP) is 1.46. The molecule has 0 radical (unpaired) electrons. The summed E-state index contributed by atoms with van der Waals surface area (Å²) < 4.78 is 5.32. The number of ether oxygens (including phenoxy) is 1. The van der Waals surface area contributed by atoms with Crippen molar-refractivity contribution in [3.8, 4) is 5.75 Å². The van der Waals surface area contributed by atoms with Crippen LogP contribution in [0.15, 0.2) is 30.3 Å². The molecule has 1 aliphatic heterocycles. The zero-order chi connectivity index (χ0) is 16.5. The van der Waals surface area contributed by atoms with Crippen LogP contribution in [0, 0.1) is 0 Å². The Balaban J connectivity index is 1.61. The van der Waals surface area contributed by atoms with E-state index in [0.717, 1.165) is 57.1 Å². The minimum Gasteiger partial charge on any atom is -0.496 e. The number of benzene rings is 1. The Labute approximate surface area is 138 Å². The fraction of sp³-hybridized carbons (Fsp3) is 0.500. The summed E-state index contributed by atoms with van der Waals surface area (Å²) in [6.07, 6.45) is 4.20. The normalized spacial score (nSPS) is 16.0. The first-order chi connectivity index (χ1) is 11.2. The monoisotopic (exact) mass is 317 g/mol. The van der Waals surface area contributed by atoms with E-state index >= 15 is 0 Å². The number of hydrogen-bond acceptors (Lipinski definition) is 4. The summed E-state index contributed by atoms with van der Waals surface area (Å²) in [5, 5.41) is 3.42. The lowest BCUT2D eigenvalue weighted by Crippen LogP contribution is -2.49. The Morgan fingerprint density at radius 2 is 2.00 bits per heavy atom. The standard InChI is InChI=1S/C18H27N3O2/c1-16(22)21-14-12-20(13-15-21)11-10-19-9-5-7-17-6-3-4-8-18(17)23-2/h3-8,19H,9-15H2,1-2H3. The largest absolute Gasteiger partial charge is 0.496 e. The molecule has 1 heterocycles. The number of carbonyl (C=O) groups is 1. The van der Waals surface area contributed by atoms with Crippen molar-refractivity contribution in [1.29, 1.82) is 0 Å². The lowest BCUT2D eigenvalue weighted by atomic mass is 10.2. The van der Waals surface area contributed by atoms with Crippen LogP contribution in [0.3, 0.4) is 0 Å². The van der Waals surface area contributed by atoms with Crippen LogP contribution in [0.2, 0.25) is 0 Å². The maximum Gasteiger partial charge on any atom is 0.219 e. The number of nitrogens with zero attached hydrogens (tertiary/aromatic N) is 2. The van der Waals surface area contributed by atoms with Gasteiger partial charge in [0.1, 0.15) is 5.75 Å². The van der Waals surface area contributed by atoms with E-state index in [1.807, 2.05) is 29.2 Å². The van der Waals surface area contributed by atoms with Crippen molar-refractivity contribution in [2.24, 2.45) is 0 Å². The predicted molar refractivity (Wildman–Crippen MR) is 93.6 cm³/mol. The summed E-state index contributed by atoms with van der Waals surface area (Å²) in [6, 6.07) is 7.99. The van der Waals surface area contributed by atoms with Gasteiger partial charge in [-0.25, -0.2) is 0 Å². The third-order valence-electron chi connectivity index (χ3n) is 4.12. The molecule has 23 heavy (non-hydrogen) atoms. The second-order valence-electron chi connectivity index (χ2n) is 5.70. The van der Waals surface area contributed by atoms with Gasteiger partial charge in [-0.15, -0.1) is 0 Å². The molecule has 1 N–H and O–H groups in total. The van der Waals surface area contributed by atoms with Crippen molar-refractivity contribution in [2.75, 3.05) is 52.9 Å². The van der Waals surface area contributed by atoms with Gasteiger partial charge in [0.25, 0.3) is 0 Å². The van der Waals surface area contributed by atoms with Gasteiger partial charge in [-0.3, -0.25) is 9.69 Å². The second kappa shape index (κ2) is 9.33. The topological polar surface area (TPSA) is 44.8 Å². The van der Waals surface area contributed by atoms with E-state index in [1.54, 1.807) is 14.0 Å². The smallest absolute Gasteiger partial charge is 0.219 e. The maximum atomic E-state index is 11.3. The molecule has 1 aromatic carbocycles. The highest BCUT2D eigenvalue weighted by molar-refractivity contribution is 5.73. The highest BCUT2D eigenvalue weighted by Gasteiger charge is 2.17. The fourth-order valence-corrected chi connectivity index (χ4v) is 2.70. The van der Waals surface area contributed by atoms with Gasteiger partial charge in [0.05, 0.1) is 7.11 Å². The summed E-state index contributed by atoms with van der Waals surface area (Å²) in [7, 11) is 1.69. The van der Waals surface area contributed by atoms with E-state index in [0.29, 0.717) is 0 Å². The Morgan fingerprint density at radius 1 is 1.26 bits per heavy atom. The first-order valence-corrected chi connectivity index (χ1v) is 8.19. The summed E-state index contributed by atoms with van der Waals surface area (Å²) in [4.78, 5) is 15.6. The Hall–Kier alpha value is -1.85. The van der Waals surface area contributed by atoms with Crippen molar-refractivity contribution >= 4 is 12.0 Å². The molecular formula is C18H27N3O2. The molecular weight excluding hydrogens is 290 g/mol. The van der Waals surface area contributed by atoms with Crippen LogP contribution in [0.1, 0.15) is 12.5 Å². The van der Waals surface area contributed by atoms with Crippen LogP contribution >= 0.6 is 0 Å². The van der Waals surface area contributed by atoms with Gasteiger partial charge in [0.15, 0.2) is 0 Å². The number of carbonyl (C=O) groups excluding carboxylic acids is 1. The third-order valence-corrected chi connectivity index (χ3v) is 4.12. The number of nitrogens with one attached hydrogen (secondary N) is 1. The van der Waals surface area contributed by atoms with Gasteiger partial charge in [-0.2, -0.15) is 0 Å². The molecule has 1 fully saturated rings. The number of methoxy groups -OCH3 is 1. The third kappa shape index (κ3) is 5.69. The van der Waals surface area contributed by atoms with E-state index in [-0.39, 0.29) is 5.91 Å². The Morgan fingerprint density at radius 3 is 2.70 bits per heavy atom. The molecule has 126 valence electrons. The first kappa shape index (κ1) is 17.5. The van der Waals surface area contributed by atoms with Gasteiger partial charge in [-0.05, 0) is 6.07 Å². The van der Waals surface area contributed by atoms with Crippen LogP contribution < -0.4 is 10.1 Å². The molecule has 0 saturated carbocycles. The van der Waals surface area contributed by atoms with Gasteiger partial charge in [0, 0.05) is 58.3 Å². The average molecular weight is 317 g/mol. The zero-order valence-electron chi connectivity index (χ0n) is 14.1. The molecule has 1 aliphatic rings. The highest BCUT2D eigenvalue weighted by Crippen LogP contribution is 2.18. The average Bonchev–Trinajstić information content (AvgIpc) is 2.58. The van der Waals surface area contributed by atoms with Gasteiger partial charge >= 0.3 is 0 Å². The van der Waals surface area contributed by atoms with E-state index in [2.05, 4.69) is 22.4 Å². The number of rotatable bonds is 7. The quantitative estimate of drug-likeness (QED) is 0.774. The van der Waals surface area contributed by atoms with E-state index in [4.69, 9.17) is 4.74 Å². The van der Waals surface area contributed by atoms with Crippen molar-refractivity contribution in [3.05, 3.63) is 35.9 Å². The molecule has 0 aliphatic carbocycles. The second-order valence-corrected chi connectivity index (χ2v) is 5.70. The first-order valence-electron chi connectivity index (χ1n) is 8.19. The molecule has 2 rings (SSSR count). The lowest BCUT2D eigenvalue weighted by Gasteiger charge is -2.34. The fourth-order valence-electron chi connectivity index (χ4n) is 2.70. The van der Waals surface area contributed by atoms with E-state index in [1.165, 1.54) is 0 Å². The van der Waals surface area contributed by atoms with Crippen LogP contribution in [-0.2, 0) is 4.79 Å². The molecule has 0 spiro atoms. The molecule has 1 saturated heterocycles. The Kier molecular flexibility index (Phi) is 7.10. The van der Waals surface area contributed by atoms with Crippen molar-refractivity contribution < 1.29 is 9.53 Å². The highest BCUT2D eigenvalue weighted by atomic mass is 16.5. The van der Waals surface area contributed by atoms with Crippen LogP contribution in [0.5, 0.6) is 5.75 Å².